The molecule has 0 N–H and O–H groups in total. The summed E-state index contributed by atoms with van der Waals surface area (Å²) in [5.74, 6) is -0.479. The molecule has 0 spiro atoms. The number of thiazole rings is 1. The van der Waals surface area contributed by atoms with Crippen molar-refractivity contribution in [3.8, 4) is 22.3 Å². The van der Waals surface area contributed by atoms with E-state index in [4.69, 9.17) is 25.8 Å². The lowest BCUT2D eigenvalue weighted by Gasteiger charge is -2.20. The highest BCUT2D eigenvalue weighted by Crippen LogP contribution is 2.35. The van der Waals surface area contributed by atoms with Crippen LogP contribution in [0.3, 0.4) is 0 Å². The van der Waals surface area contributed by atoms with Crippen LogP contribution in [0.2, 0.25) is 0 Å². The lowest BCUT2D eigenvalue weighted by atomic mass is 10.1. The largest absolute Gasteiger partial charge is 0.480 e. The van der Waals surface area contributed by atoms with Gasteiger partial charge in [0.05, 0.1) is 24.3 Å². The summed E-state index contributed by atoms with van der Waals surface area (Å²) in [7, 11) is 1.53. The van der Waals surface area contributed by atoms with Crippen LogP contribution < -0.4 is 9.47 Å². The summed E-state index contributed by atoms with van der Waals surface area (Å²) in [6.45, 7) is 5.16. The first-order chi connectivity index (χ1) is 15.2. The summed E-state index contributed by atoms with van der Waals surface area (Å²) in [6.07, 6.45) is 0.174. The van der Waals surface area contributed by atoms with Crippen molar-refractivity contribution >= 4 is 49.7 Å². The molecule has 32 heavy (non-hydrogen) atoms. The second-order valence-electron chi connectivity index (χ2n) is 7.09. The first kappa shape index (κ1) is 22.1. The number of aryl methyl sites for hydroxylation is 1. The Labute approximate surface area is 191 Å². The fourth-order valence-electron chi connectivity index (χ4n) is 3.05. The molecule has 2 atom stereocenters. The molecule has 2 unspecified atom stereocenters. The molecule has 3 heterocycles. The molecule has 166 valence electrons. The van der Waals surface area contributed by atoms with Crippen LogP contribution in [0.5, 0.6) is 11.8 Å². The highest BCUT2D eigenvalue weighted by molar-refractivity contribution is 7.21. The maximum absolute atomic E-state index is 14.6. The maximum atomic E-state index is 14.6. The van der Waals surface area contributed by atoms with Crippen LogP contribution >= 0.6 is 22.9 Å². The van der Waals surface area contributed by atoms with Crippen LogP contribution in [0.1, 0.15) is 19.4 Å². The third-order valence-electron chi connectivity index (χ3n) is 4.75. The molecule has 11 heteroatoms. The minimum Gasteiger partial charge on any atom is -0.480 e. The van der Waals surface area contributed by atoms with Crippen LogP contribution in [0.15, 0.2) is 24.4 Å². The number of carbonyl (C=O) groups is 1. The average molecular weight is 477 g/mol. The number of nitrogens with zero attached hydrogens (tertiary/aromatic N) is 4. The Morgan fingerprint density at radius 2 is 1.91 bits per heavy atom. The topological polar surface area (TPSA) is 96.3 Å². The number of halogens is 2. The molecule has 0 amide bonds. The zero-order chi connectivity index (χ0) is 23.0. The maximum Gasteiger partial charge on any atom is 0.404 e. The van der Waals surface area contributed by atoms with Gasteiger partial charge in [0.25, 0.3) is 5.88 Å². The molecule has 0 saturated carbocycles. The minimum absolute atomic E-state index is 0.212. The Bertz CT molecular complexity index is 1330. The SMILES string of the molecule is COc1cnc2c(-c3nc4cc(F)c(OC(C)C(C)OC(=O)Cl)nc4s3)cc(C)cc2n1. The highest BCUT2D eigenvalue weighted by atomic mass is 35.5. The Hall–Kier alpha value is -3.11. The molecule has 3 aromatic heterocycles. The van der Waals surface area contributed by atoms with Crippen molar-refractivity contribution < 1.29 is 23.4 Å². The molecule has 0 aliphatic rings. The van der Waals surface area contributed by atoms with Crippen LogP contribution in [0.25, 0.3) is 32.0 Å². The van der Waals surface area contributed by atoms with Crippen LogP contribution in [0.4, 0.5) is 9.18 Å². The number of pyridine rings is 1. The van der Waals surface area contributed by atoms with Gasteiger partial charge in [-0.25, -0.2) is 24.1 Å². The standard InChI is InChI=1S/C21H18ClFN4O4S/c1-9-5-12(17-14(6-9)25-16(29-4)8-24-17)19-26-15-7-13(23)18(27-20(15)32-19)30-10(2)11(3)31-21(22)28/h5-8,10-11H,1-4H3. The van der Waals surface area contributed by atoms with E-state index in [-0.39, 0.29) is 5.88 Å². The van der Waals surface area contributed by atoms with E-state index in [9.17, 15) is 9.18 Å². The van der Waals surface area contributed by atoms with Crippen molar-refractivity contribution in [1.29, 1.82) is 0 Å². The molecule has 8 nitrogen and oxygen atoms in total. The van der Waals surface area contributed by atoms with E-state index in [0.717, 1.165) is 11.1 Å². The number of aromatic nitrogens is 4. The van der Waals surface area contributed by atoms with Gasteiger partial charge < -0.3 is 14.2 Å². The van der Waals surface area contributed by atoms with Gasteiger partial charge in [-0.3, -0.25) is 0 Å². The van der Waals surface area contributed by atoms with E-state index in [2.05, 4.69) is 19.9 Å². The monoisotopic (exact) mass is 476 g/mol. The van der Waals surface area contributed by atoms with Gasteiger partial charge >= 0.3 is 5.43 Å². The van der Waals surface area contributed by atoms with Crippen molar-refractivity contribution in [3.05, 3.63) is 35.8 Å². The molecule has 0 bridgehead atoms. The number of methoxy groups -OCH3 is 1. The first-order valence-electron chi connectivity index (χ1n) is 9.56. The second-order valence-corrected chi connectivity index (χ2v) is 8.38. The summed E-state index contributed by atoms with van der Waals surface area (Å²) in [5.41, 5.74) is 2.47. The Kier molecular flexibility index (Phi) is 6.07. The van der Waals surface area contributed by atoms with E-state index in [1.165, 1.54) is 30.7 Å². The molecular formula is C21H18ClFN4O4S. The zero-order valence-electron chi connectivity index (χ0n) is 17.6. The molecule has 0 radical (unpaired) electrons. The van der Waals surface area contributed by atoms with Crippen LogP contribution in [-0.2, 0) is 4.74 Å². The number of rotatable bonds is 6. The van der Waals surface area contributed by atoms with Gasteiger partial charge in [-0.05, 0) is 38.5 Å². The normalized spacial score (nSPS) is 13.2. The lowest BCUT2D eigenvalue weighted by molar-refractivity contribution is 0.0433. The van der Waals surface area contributed by atoms with E-state index in [1.807, 2.05) is 19.1 Å². The van der Waals surface area contributed by atoms with Crippen LogP contribution in [-0.4, -0.2) is 44.7 Å². The van der Waals surface area contributed by atoms with Crippen molar-refractivity contribution in [2.45, 2.75) is 33.0 Å². The van der Waals surface area contributed by atoms with Gasteiger partial charge in [0.15, 0.2) is 5.82 Å². The van der Waals surface area contributed by atoms with Crippen molar-refractivity contribution in [2.24, 2.45) is 0 Å². The van der Waals surface area contributed by atoms with E-state index in [0.29, 0.717) is 32.3 Å². The third-order valence-corrected chi connectivity index (χ3v) is 5.84. The van der Waals surface area contributed by atoms with Gasteiger partial charge in [-0.1, -0.05) is 11.3 Å². The molecule has 0 saturated heterocycles. The summed E-state index contributed by atoms with van der Waals surface area (Å²) in [5, 5.41) is 0.620. The predicted molar refractivity (Wildman–Crippen MR) is 119 cm³/mol. The number of hydrogen-bond donors (Lipinski definition) is 0. The van der Waals surface area contributed by atoms with Gasteiger partial charge in [0.2, 0.25) is 5.88 Å². The molecule has 1 aromatic carbocycles. The highest BCUT2D eigenvalue weighted by Gasteiger charge is 2.22. The summed E-state index contributed by atoms with van der Waals surface area (Å²) in [4.78, 5) is 29.1. The second kappa shape index (κ2) is 8.79. The zero-order valence-corrected chi connectivity index (χ0v) is 19.1. The van der Waals surface area contributed by atoms with Gasteiger partial charge in [0, 0.05) is 23.2 Å². The van der Waals surface area contributed by atoms with Gasteiger partial charge in [-0.15, -0.1) is 0 Å². The Morgan fingerprint density at radius 1 is 1.12 bits per heavy atom. The molecule has 4 aromatic rings. The van der Waals surface area contributed by atoms with E-state index >= 15 is 0 Å². The first-order valence-corrected chi connectivity index (χ1v) is 10.8. The van der Waals surface area contributed by atoms with Crippen molar-refractivity contribution in [1.82, 2.24) is 19.9 Å². The summed E-state index contributed by atoms with van der Waals surface area (Å²) >= 11 is 6.51. The van der Waals surface area contributed by atoms with E-state index < -0.39 is 23.5 Å². The third kappa shape index (κ3) is 4.42. The molecule has 0 fully saturated rings. The Morgan fingerprint density at radius 3 is 2.62 bits per heavy atom. The van der Waals surface area contributed by atoms with Gasteiger partial charge in [0.1, 0.15) is 27.6 Å². The molecule has 0 aliphatic heterocycles. The number of benzene rings is 1. The molecular weight excluding hydrogens is 459 g/mol. The quantitative estimate of drug-likeness (QED) is 0.346. The number of carbonyl (C=O) groups excluding carboxylic acids is 1. The number of ether oxygens (including phenoxy) is 3. The molecule has 0 aliphatic carbocycles. The Balaban J connectivity index is 1.73. The smallest absolute Gasteiger partial charge is 0.404 e. The van der Waals surface area contributed by atoms with Crippen LogP contribution in [0, 0.1) is 12.7 Å². The average Bonchev–Trinajstić information content (AvgIpc) is 3.14. The lowest BCUT2D eigenvalue weighted by Crippen LogP contribution is -2.30. The van der Waals surface area contributed by atoms with Crippen molar-refractivity contribution in [3.63, 3.8) is 0 Å². The summed E-state index contributed by atoms with van der Waals surface area (Å²) < 4.78 is 30.2. The number of hydrogen-bond acceptors (Lipinski definition) is 9. The van der Waals surface area contributed by atoms with E-state index in [1.54, 1.807) is 13.8 Å². The predicted octanol–water partition coefficient (Wildman–Crippen LogP) is 5.29. The fraction of sp³-hybridized carbons (Fsp3) is 0.286. The fourth-order valence-corrected chi connectivity index (χ4v) is 4.12. The number of fused-ring (bicyclic) bond motifs is 2. The van der Waals surface area contributed by atoms with Gasteiger partial charge in [-0.2, -0.15) is 4.98 Å². The van der Waals surface area contributed by atoms with Crippen molar-refractivity contribution in [2.75, 3.05) is 7.11 Å². The molecule has 4 rings (SSSR count). The minimum atomic E-state index is -0.963. The summed E-state index contributed by atoms with van der Waals surface area (Å²) in [6, 6.07) is 5.11.